The van der Waals surface area contributed by atoms with E-state index in [4.69, 9.17) is 0 Å². The van der Waals surface area contributed by atoms with E-state index < -0.39 is 0 Å². The SMILES string of the molecule is CC(=O)Nc1ccc(C(=O)N2CCN(C(=O)Cc3ccccc3)CC2)cc1. The van der Waals surface area contributed by atoms with Gasteiger partial charge in [0.1, 0.15) is 0 Å². The van der Waals surface area contributed by atoms with Crippen molar-refractivity contribution >= 4 is 23.4 Å². The van der Waals surface area contributed by atoms with Gasteiger partial charge in [-0.3, -0.25) is 14.4 Å². The van der Waals surface area contributed by atoms with Crippen molar-refractivity contribution in [2.24, 2.45) is 0 Å². The van der Waals surface area contributed by atoms with Gasteiger partial charge < -0.3 is 15.1 Å². The molecule has 0 saturated carbocycles. The van der Waals surface area contributed by atoms with Crippen molar-refractivity contribution in [1.82, 2.24) is 9.80 Å². The minimum Gasteiger partial charge on any atom is -0.339 e. The van der Waals surface area contributed by atoms with Gasteiger partial charge in [0.05, 0.1) is 6.42 Å². The first-order valence-corrected chi connectivity index (χ1v) is 9.01. The first kappa shape index (κ1) is 18.6. The average molecular weight is 365 g/mol. The van der Waals surface area contributed by atoms with E-state index in [0.717, 1.165) is 5.56 Å². The molecule has 1 N–H and O–H groups in total. The van der Waals surface area contributed by atoms with Crippen molar-refractivity contribution < 1.29 is 14.4 Å². The molecule has 140 valence electrons. The number of hydrogen-bond acceptors (Lipinski definition) is 3. The quantitative estimate of drug-likeness (QED) is 0.903. The molecular formula is C21H23N3O3. The molecule has 0 radical (unpaired) electrons. The zero-order valence-corrected chi connectivity index (χ0v) is 15.4. The third-order valence-corrected chi connectivity index (χ3v) is 4.57. The Morgan fingerprint density at radius 3 is 2.04 bits per heavy atom. The molecule has 1 saturated heterocycles. The standard InChI is InChI=1S/C21H23N3O3/c1-16(25)22-19-9-7-18(8-10-19)21(27)24-13-11-23(12-14-24)20(26)15-17-5-3-2-4-6-17/h2-10H,11-15H2,1H3,(H,22,25). The van der Waals surface area contributed by atoms with Crippen LogP contribution in [0.5, 0.6) is 0 Å². The van der Waals surface area contributed by atoms with Gasteiger partial charge in [-0.15, -0.1) is 0 Å². The number of hydrogen-bond donors (Lipinski definition) is 1. The Morgan fingerprint density at radius 2 is 1.44 bits per heavy atom. The summed E-state index contributed by atoms with van der Waals surface area (Å²) >= 11 is 0. The van der Waals surface area contributed by atoms with Crippen LogP contribution in [0.4, 0.5) is 5.69 Å². The third-order valence-electron chi connectivity index (χ3n) is 4.57. The molecule has 3 rings (SSSR count). The molecule has 0 spiro atoms. The Balaban J connectivity index is 1.53. The maximum atomic E-state index is 12.6. The van der Waals surface area contributed by atoms with Gasteiger partial charge in [-0.1, -0.05) is 30.3 Å². The molecule has 27 heavy (non-hydrogen) atoms. The van der Waals surface area contributed by atoms with E-state index in [9.17, 15) is 14.4 Å². The molecule has 1 aliphatic rings. The minimum absolute atomic E-state index is 0.0560. The largest absolute Gasteiger partial charge is 0.339 e. The fraction of sp³-hybridized carbons (Fsp3) is 0.286. The molecule has 0 atom stereocenters. The van der Waals surface area contributed by atoms with E-state index in [0.29, 0.717) is 43.9 Å². The van der Waals surface area contributed by atoms with Gasteiger partial charge >= 0.3 is 0 Å². The third kappa shape index (κ3) is 4.94. The van der Waals surface area contributed by atoms with Crippen LogP contribution in [0.1, 0.15) is 22.8 Å². The van der Waals surface area contributed by atoms with E-state index in [-0.39, 0.29) is 17.7 Å². The summed E-state index contributed by atoms with van der Waals surface area (Å²) in [5.74, 6) is -0.113. The Hall–Kier alpha value is -3.15. The summed E-state index contributed by atoms with van der Waals surface area (Å²) < 4.78 is 0. The van der Waals surface area contributed by atoms with E-state index in [1.165, 1.54) is 6.92 Å². The highest BCUT2D eigenvalue weighted by molar-refractivity contribution is 5.95. The first-order valence-electron chi connectivity index (χ1n) is 9.01. The fourth-order valence-electron chi connectivity index (χ4n) is 3.12. The minimum atomic E-state index is -0.148. The number of benzene rings is 2. The average Bonchev–Trinajstić information content (AvgIpc) is 2.68. The zero-order chi connectivity index (χ0) is 19.2. The maximum Gasteiger partial charge on any atom is 0.253 e. The maximum absolute atomic E-state index is 12.6. The summed E-state index contributed by atoms with van der Waals surface area (Å²) in [5, 5.41) is 2.68. The van der Waals surface area contributed by atoms with E-state index in [2.05, 4.69) is 5.32 Å². The second-order valence-electron chi connectivity index (χ2n) is 6.59. The second kappa shape index (κ2) is 8.49. The molecule has 3 amide bonds. The summed E-state index contributed by atoms with van der Waals surface area (Å²) in [6.07, 6.45) is 0.388. The Labute approximate surface area is 158 Å². The predicted molar refractivity (Wildman–Crippen MR) is 103 cm³/mol. The number of carbonyl (C=O) groups excluding carboxylic acids is 3. The predicted octanol–water partition coefficient (Wildman–Crippen LogP) is 2.17. The molecule has 0 aromatic heterocycles. The molecule has 0 aliphatic carbocycles. The van der Waals surface area contributed by atoms with E-state index in [1.54, 1.807) is 29.2 Å². The lowest BCUT2D eigenvalue weighted by atomic mass is 10.1. The Morgan fingerprint density at radius 1 is 0.852 bits per heavy atom. The van der Waals surface area contributed by atoms with Crippen LogP contribution < -0.4 is 5.32 Å². The first-order chi connectivity index (χ1) is 13.0. The van der Waals surface area contributed by atoms with Crippen LogP contribution in [0.15, 0.2) is 54.6 Å². The molecule has 2 aromatic rings. The number of anilines is 1. The second-order valence-corrected chi connectivity index (χ2v) is 6.59. The van der Waals surface area contributed by atoms with E-state index in [1.807, 2.05) is 35.2 Å². The number of rotatable bonds is 4. The zero-order valence-electron chi connectivity index (χ0n) is 15.4. The van der Waals surface area contributed by atoms with Gasteiger partial charge in [0, 0.05) is 44.4 Å². The van der Waals surface area contributed by atoms with Crippen LogP contribution >= 0.6 is 0 Å². The van der Waals surface area contributed by atoms with Gasteiger partial charge in [0.2, 0.25) is 11.8 Å². The van der Waals surface area contributed by atoms with Gasteiger partial charge in [0.25, 0.3) is 5.91 Å². The van der Waals surface area contributed by atoms with Crippen LogP contribution in [0.25, 0.3) is 0 Å². The number of nitrogens with one attached hydrogen (secondary N) is 1. The molecular weight excluding hydrogens is 342 g/mol. The Bertz CT molecular complexity index is 810. The number of piperazine rings is 1. The summed E-state index contributed by atoms with van der Waals surface area (Å²) in [7, 11) is 0. The molecule has 1 fully saturated rings. The van der Waals surface area contributed by atoms with Gasteiger partial charge in [0.15, 0.2) is 0 Å². The molecule has 6 heteroatoms. The van der Waals surface area contributed by atoms with Crippen molar-refractivity contribution in [2.45, 2.75) is 13.3 Å². The molecule has 1 aliphatic heterocycles. The van der Waals surface area contributed by atoms with Crippen molar-refractivity contribution in [3.05, 3.63) is 65.7 Å². The van der Waals surface area contributed by atoms with Gasteiger partial charge in [-0.25, -0.2) is 0 Å². The normalized spacial score (nSPS) is 14.0. The number of amides is 3. The van der Waals surface area contributed by atoms with Crippen LogP contribution in [0, 0.1) is 0 Å². The molecule has 0 unspecified atom stereocenters. The monoisotopic (exact) mass is 365 g/mol. The van der Waals surface area contributed by atoms with E-state index >= 15 is 0 Å². The lowest BCUT2D eigenvalue weighted by Gasteiger charge is -2.35. The van der Waals surface area contributed by atoms with Crippen LogP contribution in [-0.4, -0.2) is 53.7 Å². The smallest absolute Gasteiger partial charge is 0.253 e. The topological polar surface area (TPSA) is 69.7 Å². The highest BCUT2D eigenvalue weighted by atomic mass is 16.2. The fourth-order valence-corrected chi connectivity index (χ4v) is 3.12. The molecule has 6 nitrogen and oxygen atoms in total. The summed E-state index contributed by atoms with van der Waals surface area (Å²) in [6, 6.07) is 16.5. The van der Waals surface area contributed by atoms with Crippen molar-refractivity contribution in [3.63, 3.8) is 0 Å². The summed E-state index contributed by atoms with van der Waals surface area (Å²) in [5.41, 5.74) is 2.24. The summed E-state index contributed by atoms with van der Waals surface area (Å²) in [4.78, 5) is 39.7. The molecule has 0 bridgehead atoms. The van der Waals surface area contributed by atoms with Crippen LogP contribution in [0.2, 0.25) is 0 Å². The summed E-state index contributed by atoms with van der Waals surface area (Å²) in [6.45, 7) is 3.57. The molecule has 1 heterocycles. The van der Waals surface area contributed by atoms with Crippen LogP contribution in [-0.2, 0) is 16.0 Å². The Kier molecular flexibility index (Phi) is 5.86. The van der Waals surface area contributed by atoms with Crippen molar-refractivity contribution in [1.29, 1.82) is 0 Å². The van der Waals surface area contributed by atoms with Gasteiger partial charge in [-0.2, -0.15) is 0 Å². The van der Waals surface area contributed by atoms with Crippen LogP contribution in [0.3, 0.4) is 0 Å². The number of carbonyl (C=O) groups is 3. The van der Waals surface area contributed by atoms with Gasteiger partial charge in [-0.05, 0) is 29.8 Å². The highest BCUT2D eigenvalue weighted by Crippen LogP contribution is 2.14. The van der Waals surface area contributed by atoms with Crippen molar-refractivity contribution in [3.8, 4) is 0 Å². The number of nitrogens with zero attached hydrogens (tertiary/aromatic N) is 2. The lowest BCUT2D eigenvalue weighted by molar-refractivity contribution is -0.131. The lowest BCUT2D eigenvalue weighted by Crippen LogP contribution is -2.51. The van der Waals surface area contributed by atoms with Crippen molar-refractivity contribution in [2.75, 3.05) is 31.5 Å². The molecule has 2 aromatic carbocycles. The highest BCUT2D eigenvalue weighted by Gasteiger charge is 2.24.